The van der Waals surface area contributed by atoms with Crippen LogP contribution < -0.4 is 11.2 Å². The van der Waals surface area contributed by atoms with Gasteiger partial charge in [0.15, 0.2) is 5.82 Å². The van der Waals surface area contributed by atoms with Gasteiger partial charge in [-0.1, -0.05) is 53.2 Å². The van der Waals surface area contributed by atoms with Gasteiger partial charge in [-0.15, -0.1) is 10.2 Å². The zero-order valence-corrected chi connectivity index (χ0v) is 16.1. The summed E-state index contributed by atoms with van der Waals surface area (Å²) < 4.78 is 1.34. The van der Waals surface area contributed by atoms with Gasteiger partial charge in [-0.3, -0.25) is 4.79 Å². The Morgan fingerprint density at radius 3 is 2.77 bits per heavy atom. The number of anilines is 1. The van der Waals surface area contributed by atoms with Gasteiger partial charge in [0.25, 0.3) is 0 Å². The molecule has 0 saturated heterocycles. The number of rotatable bonds is 5. The minimum atomic E-state index is -0.187. The molecule has 2 aromatic carbocycles. The van der Waals surface area contributed by atoms with E-state index in [9.17, 15) is 4.79 Å². The summed E-state index contributed by atoms with van der Waals surface area (Å²) >= 11 is 13.2. The number of carbonyl (C=O) groups is 1. The molecule has 1 amide bonds. The van der Waals surface area contributed by atoms with Crippen molar-refractivity contribution in [1.29, 1.82) is 0 Å². The van der Waals surface area contributed by atoms with E-state index in [4.69, 9.17) is 29.0 Å². The van der Waals surface area contributed by atoms with E-state index < -0.39 is 0 Å². The third-order valence-electron chi connectivity index (χ3n) is 3.62. The highest BCUT2D eigenvalue weighted by Crippen LogP contribution is 2.25. The van der Waals surface area contributed by atoms with E-state index in [2.05, 4.69) is 15.5 Å². The highest BCUT2D eigenvalue weighted by Gasteiger charge is 2.14. The number of nitrogens with zero attached hydrogens (tertiary/aromatic N) is 3. The quantitative estimate of drug-likeness (QED) is 0.492. The predicted octanol–water partition coefficient (Wildman–Crippen LogP) is 4.00. The molecule has 0 unspecified atom stereocenters. The molecule has 0 aliphatic rings. The number of aromatic nitrogens is 3. The van der Waals surface area contributed by atoms with Gasteiger partial charge in [-0.2, -0.15) is 0 Å². The molecule has 3 aromatic rings. The molecule has 0 spiro atoms. The van der Waals surface area contributed by atoms with Gasteiger partial charge in [0.1, 0.15) is 0 Å². The SMILES string of the molecule is Cc1c(Cl)cccc1NC(=O)CSc1nnc(-c2cccc(Cl)c2)n1N. The van der Waals surface area contributed by atoms with Crippen LogP contribution in [0.1, 0.15) is 5.56 Å². The minimum Gasteiger partial charge on any atom is -0.335 e. The van der Waals surface area contributed by atoms with Crippen molar-refractivity contribution in [2.45, 2.75) is 12.1 Å². The Morgan fingerprint density at radius 2 is 2.00 bits per heavy atom. The number of nitrogens with two attached hydrogens (primary N) is 1. The van der Waals surface area contributed by atoms with Crippen LogP contribution in [0.2, 0.25) is 10.0 Å². The third kappa shape index (κ3) is 4.12. The van der Waals surface area contributed by atoms with Crippen molar-refractivity contribution in [3.63, 3.8) is 0 Å². The van der Waals surface area contributed by atoms with E-state index in [1.165, 1.54) is 16.4 Å². The zero-order chi connectivity index (χ0) is 18.7. The molecular formula is C17H15Cl2N5OS. The van der Waals surface area contributed by atoms with E-state index in [0.717, 1.165) is 11.1 Å². The van der Waals surface area contributed by atoms with Crippen molar-refractivity contribution in [2.24, 2.45) is 0 Å². The smallest absolute Gasteiger partial charge is 0.234 e. The van der Waals surface area contributed by atoms with Gasteiger partial charge in [-0.25, -0.2) is 4.68 Å². The summed E-state index contributed by atoms with van der Waals surface area (Å²) in [6.07, 6.45) is 0. The van der Waals surface area contributed by atoms with Crippen LogP contribution in [0, 0.1) is 6.92 Å². The molecule has 0 bridgehead atoms. The second-order valence-electron chi connectivity index (χ2n) is 5.44. The second kappa shape index (κ2) is 7.99. The van der Waals surface area contributed by atoms with Crippen LogP contribution in [0.25, 0.3) is 11.4 Å². The first-order valence-corrected chi connectivity index (χ1v) is 9.34. The maximum atomic E-state index is 12.2. The van der Waals surface area contributed by atoms with Gasteiger partial charge < -0.3 is 11.2 Å². The number of thioether (sulfide) groups is 1. The van der Waals surface area contributed by atoms with Crippen LogP contribution in [0.15, 0.2) is 47.6 Å². The number of nitrogens with one attached hydrogen (secondary N) is 1. The standard InChI is InChI=1S/C17H15Cl2N5OS/c1-10-13(19)6-3-7-14(10)21-15(25)9-26-17-23-22-16(24(17)20)11-4-2-5-12(18)8-11/h2-8H,9,20H2,1H3,(H,21,25). The Labute approximate surface area is 164 Å². The molecule has 1 heterocycles. The molecule has 0 atom stereocenters. The average Bonchev–Trinajstić information content (AvgIpc) is 2.98. The fourth-order valence-electron chi connectivity index (χ4n) is 2.26. The molecule has 0 aliphatic heterocycles. The lowest BCUT2D eigenvalue weighted by Crippen LogP contribution is -2.17. The number of halogens is 2. The van der Waals surface area contributed by atoms with Crippen LogP contribution in [-0.4, -0.2) is 26.5 Å². The summed E-state index contributed by atoms with van der Waals surface area (Å²) in [5.41, 5.74) is 2.24. The van der Waals surface area contributed by atoms with E-state index in [-0.39, 0.29) is 11.7 Å². The molecule has 3 rings (SSSR count). The molecule has 134 valence electrons. The van der Waals surface area contributed by atoms with Crippen LogP contribution in [0.3, 0.4) is 0 Å². The summed E-state index contributed by atoms with van der Waals surface area (Å²) in [7, 11) is 0. The van der Waals surface area contributed by atoms with Gasteiger partial charge in [-0.05, 0) is 36.8 Å². The fourth-order valence-corrected chi connectivity index (χ4v) is 3.28. The van der Waals surface area contributed by atoms with Crippen molar-refractivity contribution in [1.82, 2.24) is 14.9 Å². The number of hydrogen-bond donors (Lipinski definition) is 2. The normalized spacial score (nSPS) is 10.7. The predicted molar refractivity (Wildman–Crippen MR) is 106 cm³/mol. The first-order valence-electron chi connectivity index (χ1n) is 7.60. The maximum Gasteiger partial charge on any atom is 0.234 e. The summed E-state index contributed by atoms with van der Waals surface area (Å²) in [6.45, 7) is 1.85. The summed E-state index contributed by atoms with van der Waals surface area (Å²) in [5, 5.41) is 12.5. The first-order chi connectivity index (χ1) is 12.5. The Bertz CT molecular complexity index is 960. The van der Waals surface area contributed by atoms with Gasteiger partial charge in [0.2, 0.25) is 11.1 Å². The van der Waals surface area contributed by atoms with Crippen molar-refractivity contribution in [3.05, 3.63) is 58.1 Å². The monoisotopic (exact) mass is 407 g/mol. The first kappa shape index (κ1) is 18.6. The van der Waals surface area contributed by atoms with Crippen molar-refractivity contribution >= 4 is 46.6 Å². The minimum absolute atomic E-state index is 0.136. The Morgan fingerprint density at radius 1 is 1.23 bits per heavy atom. The van der Waals surface area contributed by atoms with E-state index in [1.54, 1.807) is 36.4 Å². The molecule has 0 saturated carbocycles. The summed E-state index contributed by atoms with van der Waals surface area (Å²) in [4.78, 5) is 12.2. The highest BCUT2D eigenvalue weighted by atomic mass is 35.5. The number of nitrogen functional groups attached to an aromatic ring is 1. The van der Waals surface area contributed by atoms with Crippen LogP contribution in [0.5, 0.6) is 0 Å². The lowest BCUT2D eigenvalue weighted by atomic mass is 10.2. The summed E-state index contributed by atoms with van der Waals surface area (Å²) in [6, 6.07) is 12.5. The van der Waals surface area contributed by atoms with Crippen molar-refractivity contribution in [3.8, 4) is 11.4 Å². The Balaban J connectivity index is 1.67. The zero-order valence-electron chi connectivity index (χ0n) is 13.7. The van der Waals surface area contributed by atoms with Gasteiger partial charge in [0, 0.05) is 21.3 Å². The average molecular weight is 408 g/mol. The van der Waals surface area contributed by atoms with E-state index >= 15 is 0 Å². The third-order valence-corrected chi connectivity index (χ3v) is 5.21. The van der Waals surface area contributed by atoms with Crippen LogP contribution in [-0.2, 0) is 4.79 Å². The maximum absolute atomic E-state index is 12.2. The van der Waals surface area contributed by atoms with E-state index in [1.807, 2.05) is 13.0 Å². The molecule has 1 aromatic heterocycles. The molecule has 26 heavy (non-hydrogen) atoms. The van der Waals surface area contributed by atoms with Crippen molar-refractivity contribution in [2.75, 3.05) is 16.9 Å². The molecule has 6 nitrogen and oxygen atoms in total. The molecule has 0 aliphatic carbocycles. The largest absolute Gasteiger partial charge is 0.335 e. The van der Waals surface area contributed by atoms with E-state index in [0.29, 0.717) is 26.7 Å². The fraction of sp³-hybridized carbons (Fsp3) is 0.118. The number of benzene rings is 2. The number of carbonyl (C=O) groups excluding carboxylic acids is 1. The molecular weight excluding hydrogens is 393 g/mol. The lowest BCUT2D eigenvalue weighted by Gasteiger charge is -2.09. The molecule has 3 N–H and O–H groups in total. The van der Waals surface area contributed by atoms with Crippen LogP contribution in [0.4, 0.5) is 5.69 Å². The molecule has 0 fully saturated rings. The number of hydrogen-bond acceptors (Lipinski definition) is 5. The van der Waals surface area contributed by atoms with Gasteiger partial charge >= 0.3 is 0 Å². The highest BCUT2D eigenvalue weighted by molar-refractivity contribution is 7.99. The number of amides is 1. The topological polar surface area (TPSA) is 85.8 Å². The van der Waals surface area contributed by atoms with Crippen molar-refractivity contribution < 1.29 is 4.79 Å². The summed E-state index contributed by atoms with van der Waals surface area (Å²) in [5.74, 6) is 6.47. The lowest BCUT2D eigenvalue weighted by molar-refractivity contribution is -0.113. The van der Waals surface area contributed by atoms with Crippen LogP contribution >= 0.6 is 35.0 Å². The van der Waals surface area contributed by atoms with Gasteiger partial charge in [0.05, 0.1) is 5.75 Å². The second-order valence-corrected chi connectivity index (χ2v) is 7.22. The molecule has 9 heteroatoms. The Kier molecular flexibility index (Phi) is 5.70. The Hall–Kier alpha value is -2.22. The molecule has 0 radical (unpaired) electrons.